The van der Waals surface area contributed by atoms with E-state index in [1.807, 2.05) is 31.3 Å². The van der Waals surface area contributed by atoms with Crippen LogP contribution in [0.25, 0.3) is 22.2 Å². The molecule has 0 saturated heterocycles. The summed E-state index contributed by atoms with van der Waals surface area (Å²) in [6.45, 7) is 4.96. The Bertz CT molecular complexity index is 1040. The average Bonchev–Trinajstić information content (AvgIpc) is 3.49. The summed E-state index contributed by atoms with van der Waals surface area (Å²) in [4.78, 5) is 17.0. The Morgan fingerprint density at radius 2 is 2.10 bits per heavy atom. The lowest BCUT2D eigenvalue weighted by molar-refractivity contribution is -0.117. The number of hydrogen-bond acceptors (Lipinski definition) is 4. The van der Waals surface area contributed by atoms with Gasteiger partial charge in [0.05, 0.1) is 5.69 Å². The van der Waals surface area contributed by atoms with Crippen LogP contribution in [0.5, 0.6) is 0 Å². The number of carbonyl (C=O) groups excluding carboxylic acids is 1. The molecule has 1 saturated carbocycles. The summed E-state index contributed by atoms with van der Waals surface area (Å²) in [5, 5.41) is 3.90. The Labute approximate surface area is 174 Å². The van der Waals surface area contributed by atoms with Crippen molar-refractivity contribution in [3.63, 3.8) is 0 Å². The molecule has 0 atom stereocenters. The Kier molecular flexibility index (Phi) is 5.76. The number of rotatable bonds is 8. The number of amides is 1. The summed E-state index contributed by atoms with van der Waals surface area (Å²) in [7, 11) is 0. The Hall–Kier alpha value is -2.54. The van der Waals surface area contributed by atoms with E-state index >= 15 is 0 Å². The first-order valence-electron chi connectivity index (χ1n) is 10.1. The zero-order chi connectivity index (χ0) is 20.4. The maximum absolute atomic E-state index is 14.6. The number of carbonyl (C=O) groups is 1. The Morgan fingerprint density at radius 1 is 1.28 bits per heavy atom. The molecule has 1 aromatic carbocycles. The second kappa shape index (κ2) is 8.45. The van der Waals surface area contributed by atoms with Gasteiger partial charge in [-0.1, -0.05) is 31.9 Å². The topological polar surface area (TPSA) is 59.0 Å². The molecule has 4 rings (SSSR count). The standard InChI is InChI=1S/C22H25FN4OS/c1-3-10-27-11-9-16-17(15-7-8-19(18(23)12-15)26-29-4-2)13-20(24-21(16)27)25-22(28)14-5-6-14/h7-9,11-14,26H,3-6,10H2,1-2H3,(H,24,25,28). The first-order chi connectivity index (χ1) is 14.1. The third-order valence-corrected chi connectivity index (χ3v) is 5.66. The van der Waals surface area contributed by atoms with Crippen molar-refractivity contribution >= 4 is 40.4 Å². The van der Waals surface area contributed by atoms with Crippen LogP contribution in [0.3, 0.4) is 0 Å². The van der Waals surface area contributed by atoms with Crippen LogP contribution in [-0.2, 0) is 11.3 Å². The number of nitrogens with zero attached hydrogens (tertiary/aromatic N) is 2. The van der Waals surface area contributed by atoms with E-state index in [1.165, 1.54) is 18.0 Å². The molecule has 0 bridgehead atoms. The second-order valence-electron chi connectivity index (χ2n) is 7.29. The zero-order valence-corrected chi connectivity index (χ0v) is 17.5. The molecule has 1 aliphatic carbocycles. The van der Waals surface area contributed by atoms with Crippen LogP contribution < -0.4 is 10.0 Å². The normalized spacial score (nSPS) is 13.6. The van der Waals surface area contributed by atoms with Gasteiger partial charge in [-0.3, -0.25) is 4.79 Å². The Balaban J connectivity index is 1.77. The van der Waals surface area contributed by atoms with Gasteiger partial charge in [-0.25, -0.2) is 9.37 Å². The molecule has 2 aromatic heterocycles. The van der Waals surface area contributed by atoms with Crippen LogP contribution in [0.15, 0.2) is 36.5 Å². The molecular weight excluding hydrogens is 387 g/mol. The highest BCUT2D eigenvalue weighted by Gasteiger charge is 2.30. The number of hydrogen-bond donors (Lipinski definition) is 2. The van der Waals surface area contributed by atoms with Crippen molar-refractivity contribution in [3.05, 3.63) is 42.3 Å². The monoisotopic (exact) mass is 412 g/mol. The molecule has 7 heteroatoms. The van der Waals surface area contributed by atoms with E-state index in [4.69, 9.17) is 4.98 Å². The molecular formula is C22H25FN4OS. The van der Waals surface area contributed by atoms with Gasteiger partial charge >= 0.3 is 0 Å². The molecule has 1 fully saturated rings. The highest BCUT2D eigenvalue weighted by atomic mass is 32.2. The van der Waals surface area contributed by atoms with Crippen molar-refractivity contribution in [1.29, 1.82) is 0 Å². The number of nitrogens with one attached hydrogen (secondary N) is 2. The molecule has 152 valence electrons. The van der Waals surface area contributed by atoms with Crippen molar-refractivity contribution in [2.45, 2.75) is 39.7 Å². The second-order valence-corrected chi connectivity index (χ2v) is 8.36. The van der Waals surface area contributed by atoms with E-state index in [1.54, 1.807) is 6.07 Å². The van der Waals surface area contributed by atoms with Crippen molar-refractivity contribution in [1.82, 2.24) is 9.55 Å². The quantitative estimate of drug-likeness (QED) is 0.467. The van der Waals surface area contributed by atoms with Crippen LogP contribution in [-0.4, -0.2) is 21.2 Å². The van der Waals surface area contributed by atoms with Crippen LogP contribution in [0, 0.1) is 11.7 Å². The molecule has 29 heavy (non-hydrogen) atoms. The largest absolute Gasteiger partial charge is 0.332 e. The number of benzene rings is 1. The van der Waals surface area contributed by atoms with Gasteiger partial charge in [0.1, 0.15) is 17.3 Å². The smallest absolute Gasteiger partial charge is 0.228 e. The number of anilines is 2. The van der Waals surface area contributed by atoms with Gasteiger partial charge < -0.3 is 14.6 Å². The zero-order valence-electron chi connectivity index (χ0n) is 16.7. The van der Waals surface area contributed by atoms with Crippen LogP contribution in [0.1, 0.15) is 33.1 Å². The van der Waals surface area contributed by atoms with Crippen LogP contribution >= 0.6 is 11.9 Å². The fraction of sp³-hybridized carbons (Fsp3) is 0.364. The van der Waals surface area contributed by atoms with Crippen molar-refractivity contribution in [2.75, 3.05) is 15.8 Å². The van der Waals surface area contributed by atoms with Crippen LogP contribution in [0.2, 0.25) is 0 Å². The number of aromatic nitrogens is 2. The van der Waals surface area contributed by atoms with Gasteiger partial charge in [0.15, 0.2) is 0 Å². The third kappa shape index (κ3) is 4.24. The van der Waals surface area contributed by atoms with Crippen molar-refractivity contribution < 1.29 is 9.18 Å². The van der Waals surface area contributed by atoms with Crippen molar-refractivity contribution in [2.24, 2.45) is 5.92 Å². The summed E-state index contributed by atoms with van der Waals surface area (Å²) in [6.07, 6.45) is 4.84. The number of pyridine rings is 1. The average molecular weight is 413 g/mol. The Morgan fingerprint density at radius 3 is 2.79 bits per heavy atom. The van der Waals surface area contributed by atoms with Gasteiger partial charge in [0, 0.05) is 29.8 Å². The predicted octanol–water partition coefficient (Wildman–Crippen LogP) is 5.68. The fourth-order valence-electron chi connectivity index (χ4n) is 3.37. The van der Waals surface area contributed by atoms with E-state index in [9.17, 15) is 9.18 Å². The molecule has 0 aliphatic heterocycles. The first kappa shape index (κ1) is 19.8. The summed E-state index contributed by atoms with van der Waals surface area (Å²) in [5.74, 6) is 1.17. The SMILES string of the molecule is CCCn1ccc2c(-c3ccc(NSCC)c(F)c3)cc(NC(=O)C3CC3)nc21. The fourth-order valence-corrected chi connectivity index (χ4v) is 3.84. The first-order valence-corrected chi connectivity index (χ1v) is 11.1. The van der Waals surface area contributed by atoms with Gasteiger partial charge in [-0.05, 0) is 54.7 Å². The van der Waals surface area contributed by atoms with E-state index in [2.05, 4.69) is 21.5 Å². The summed E-state index contributed by atoms with van der Waals surface area (Å²) >= 11 is 1.46. The van der Waals surface area contributed by atoms with Crippen LogP contribution in [0.4, 0.5) is 15.9 Å². The molecule has 1 amide bonds. The summed E-state index contributed by atoms with van der Waals surface area (Å²) in [6, 6.07) is 9.06. The molecule has 1 aliphatic rings. The van der Waals surface area contributed by atoms with Gasteiger partial charge in [0.2, 0.25) is 5.91 Å². The number of halogens is 1. The van der Waals surface area contributed by atoms with Crippen molar-refractivity contribution in [3.8, 4) is 11.1 Å². The third-order valence-electron chi connectivity index (χ3n) is 5.00. The molecule has 2 N–H and O–H groups in total. The molecule has 0 spiro atoms. The lowest BCUT2D eigenvalue weighted by Gasteiger charge is -2.12. The minimum atomic E-state index is -0.301. The minimum Gasteiger partial charge on any atom is -0.332 e. The molecule has 3 aromatic rings. The lowest BCUT2D eigenvalue weighted by Crippen LogP contribution is -2.14. The molecule has 2 heterocycles. The number of aryl methyl sites for hydroxylation is 1. The molecule has 5 nitrogen and oxygen atoms in total. The van der Waals surface area contributed by atoms with Gasteiger partial charge in [-0.15, -0.1) is 0 Å². The van der Waals surface area contributed by atoms with Gasteiger partial charge in [0.25, 0.3) is 0 Å². The van der Waals surface area contributed by atoms with E-state index < -0.39 is 0 Å². The molecule has 0 unspecified atom stereocenters. The summed E-state index contributed by atoms with van der Waals surface area (Å²) in [5.41, 5.74) is 2.90. The lowest BCUT2D eigenvalue weighted by atomic mass is 10.0. The maximum atomic E-state index is 14.6. The van der Waals surface area contributed by atoms with Gasteiger partial charge in [-0.2, -0.15) is 0 Å². The minimum absolute atomic E-state index is 0.0127. The number of fused-ring (bicyclic) bond motifs is 1. The predicted molar refractivity (Wildman–Crippen MR) is 119 cm³/mol. The van der Waals surface area contributed by atoms with E-state index in [0.717, 1.165) is 53.7 Å². The highest BCUT2D eigenvalue weighted by molar-refractivity contribution is 8.00. The maximum Gasteiger partial charge on any atom is 0.228 e. The highest BCUT2D eigenvalue weighted by Crippen LogP contribution is 2.35. The van der Waals surface area contributed by atoms with E-state index in [-0.39, 0.29) is 17.6 Å². The van der Waals surface area contributed by atoms with E-state index in [0.29, 0.717) is 11.5 Å². The summed E-state index contributed by atoms with van der Waals surface area (Å²) < 4.78 is 19.7. The molecule has 0 radical (unpaired) electrons.